The van der Waals surface area contributed by atoms with Crippen LogP contribution in [0.2, 0.25) is 0 Å². The Labute approximate surface area is 123 Å². The van der Waals surface area contributed by atoms with Crippen LogP contribution in [0.1, 0.15) is 13.3 Å². The molecule has 0 aromatic heterocycles. The summed E-state index contributed by atoms with van der Waals surface area (Å²) in [5.74, 6) is 0.565. The molecule has 1 aromatic carbocycles. The van der Waals surface area contributed by atoms with Gasteiger partial charge < -0.3 is 4.74 Å². The summed E-state index contributed by atoms with van der Waals surface area (Å²) in [4.78, 5) is 27.2. The fraction of sp³-hybridized carbons (Fsp3) is 0.412. The first-order chi connectivity index (χ1) is 10.1. The molecule has 2 fully saturated rings. The monoisotopic (exact) mass is 283 g/mol. The van der Waals surface area contributed by atoms with Crippen molar-refractivity contribution in [3.8, 4) is 5.75 Å². The van der Waals surface area contributed by atoms with Crippen LogP contribution in [-0.4, -0.2) is 18.9 Å². The second kappa shape index (κ2) is 3.97. The Balaban J connectivity index is 1.83. The van der Waals surface area contributed by atoms with Gasteiger partial charge >= 0.3 is 0 Å². The Bertz CT molecular complexity index is 680. The highest BCUT2D eigenvalue weighted by Gasteiger charge is 2.67. The van der Waals surface area contributed by atoms with Crippen LogP contribution < -0.4 is 9.64 Å². The molecule has 0 radical (unpaired) electrons. The summed E-state index contributed by atoms with van der Waals surface area (Å²) in [5.41, 5.74) is -0.0258. The van der Waals surface area contributed by atoms with E-state index in [2.05, 4.69) is 12.2 Å². The first-order valence-corrected chi connectivity index (χ1v) is 7.28. The van der Waals surface area contributed by atoms with Crippen LogP contribution in [-0.2, 0) is 9.59 Å². The van der Waals surface area contributed by atoms with Crippen molar-refractivity contribution in [1.82, 2.24) is 0 Å². The molecule has 4 atom stereocenters. The molecule has 1 saturated heterocycles. The number of rotatable bonds is 2. The molecule has 0 spiro atoms. The smallest absolute Gasteiger partial charge is 0.241 e. The summed E-state index contributed by atoms with van der Waals surface area (Å²) >= 11 is 0. The van der Waals surface area contributed by atoms with Gasteiger partial charge in [0.1, 0.15) is 5.75 Å². The first kappa shape index (κ1) is 12.6. The number of methoxy groups -OCH3 is 1. The lowest BCUT2D eigenvalue weighted by atomic mass is 9.71. The second-order valence-electron chi connectivity index (χ2n) is 6.30. The van der Waals surface area contributed by atoms with Crippen molar-refractivity contribution in [3.63, 3.8) is 0 Å². The molecule has 0 unspecified atom stereocenters. The molecule has 2 aliphatic carbocycles. The van der Waals surface area contributed by atoms with Crippen LogP contribution in [0.4, 0.5) is 5.69 Å². The predicted molar refractivity (Wildman–Crippen MR) is 77.8 cm³/mol. The number of allylic oxidation sites excluding steroid dienone is 2. The summed E-state index contributed by atoms with van der Waals surface area (Å²) in [7, 11) is 1.55. The lowest BCUT2D eigenvalue weighted by Crippen LogP contribution is -2.37. The number of hydrogen-bond donors (Lipinski definition) is 0. The van der Waals surface area contributed by atoms with Gasteiger partial charge in [-0.2, -0.15) is 0 Å². The lowest BCUT2D eigenvalue weighted by Gasteiger charge is -2.28. The SMILES string of the molecule is COc1ccccc1N1C(=O)[C@H]2[C@@H]3C=C[C@@H](C3)[C@]2(C)C1=O. The Hall–Kier alpha value is -2.10. The minimum Gasteiger partial charge on any atom is -0.495 e. The van der Waals surface area contributed by atoms with Gasteiger partial charge in [-0.15, -0.1) is 0 Å². The third-order valence-corrected chi connectivity index (χ3v) is 5.44. The van der Waals surface area contributed by atoms with Gasteiger partial charge in [-0.1, -0.05) is 24.3 Å². The maximum Gasteiger partial charge on any atom is 0.241 e. The largest absolute Gasteiger partial charge is 0.495 e. The summed E-state index contributed by atoms with van der Waals surface area (Å²) in [6, 6.07) is 7.20. The van der Waals surface area contributed by atoms with Gasteiger partial charge in [0.2, 0.25) is 11.8 Å². The molecule has 21 heavy (non-hydrogen) atoms. The zero-order valence-electron chi connectivity index (χ0n) is 12.1. The molecule has 2 amide bonds. The molecular formula is C17H17NO3. The van der Waals surface area contributed by atoms with Crippen LogP contribution in [0.3, 0.4) is 0 Å². The number of para-hydroxylation sites is 2. The highest BCUT2D eigenvalue weighted by atomic mass is 16.5. The normalized spacial score (nSPS) is 36.5. The van der Waals surface area contributed by atoms with E-state index in [0.29, 0.717) is 11.4 Å². The van der Waals surface area contributed by atoms with E-state index in [1.165, 1.54) is 4.90 Å². The van der Waals surface area contributed by atoms with Gasteiger partial charge in [0, 0.05) is 0 Å². The van der Waals surface area contributed by atoms with Gasteiger partial charge in [-0.3, -0.25) is 9.59 Å². The predicted octanol–water partition coefficient (Wildman–Crippen LogP) is 2.40. The molecule has 1 saturated carbocycles. The highest BCUT2D eigenvalue weighted by Crippen LogP contribution is 2.61. The van der Waals surface area contributed by atoms with Crippen molar-refractivity contribution < 1.29 is 14.3 Å². The minimum atomic E-state index is -0.586. The third kappa shape index (κ3) is 1.35. The van der Waals surface area contributed by atoms with Crippen molar-refractivity contribution >= 4 is 17.5 Å². The zero-order chi connectivity index (χ0) is 14.8. The van der Waals surface area contributed by atoms with E-state index >= 15 is 0 Å². The number of ether oxygens (including phenoxy) is 1. The summed E-state index contributed by atoms with van der Waals surface area (Å²) in [6.07, 6.45) is 5.14. The number of benzene rings is 1. The average Bonchev–Trinajstić information content (AvgIpc) is 3.12. The summed E-state index contributed by atoms with van der Waals surface area (Å²) in [6.45, 7) is 1.95. The van der Waals surface area contributed by atoms with Crippen molar-refractivity contribution in [3.05, 3.63) is 36.4 Å². The van der Waals surface area contributed by atoms with Gasteiger partial charge in [0.15, 0.2) is 0 Å². The Morgan fingerprint density at radius 1 is 1.24 bits per heavy atom. The topological polar surface area (TPSA) is 46.6 Å². The second-order valence-corrected chi connectivity index (χ2v) is 6.30. The summed E-state index contributed by atoms with van der Waals surface area (Å²) in [5, 5.41) is 0. The standard InChI is InChI=1S/C17H17NO3/c1-17-11-8-7-10(9-11)14(17)15(19)18(16(17)20)12-5-3-4-6-13(12)21-2/h3-8,10-11,14H,9H2,1-2H3/t10-,11+,14-,17+/m1/s1. The van der Waals surface area contributed by atoms with Gasteiger partial charge in [-0.05, 0) is 37.3 Å². The minimum absolute atomic E-state index is 0.0798. The lowest BCUT2D eigenvalue weighted by molar-refractivity contribution is -0.127. The number of amides is 2. The van der Waals surface area contributed by atoms with Crippen LogP contribution in [0, 0.1) is 23.2 Å². The van der Waals surface area contributed by atoms with Gasteiger partial charge in [-0.25, -0.2) is 4.90 Å². The van der Waals surface area contributed by atoms with Crippen molar-refractivity contribution in [2.24, 2.45) is 23.2 Å². The van der Waals surface area contributed by atoms with Gasteiger partial charge in [0.25, 0.3) is 0 Å². The molecule has 4 nitrogen and oxygen atoms in total. The molecule has 4 heteroatoms. The number of carbonyl (C=O) groups excluding carboxylic acids is 2. The molecular weight excluding hydrogens is 266 g/mol. The number of hydrogen-bond acceptors (Lipinski definition) is 3. The van der Waals surface area contributed by atoms with E-state index in [9.17, 15) is 9.59 Å². The maximum atomic E-state index is 13.0. The molecule has 0 N–H and O–H groups in total. The maximum absolute atomic E-state index is 13.0. The van der Waals surface area contributed by atoms with E-state index < -0.39 is 5.41 Å². The van der Waals surface area contributed by atoms with Crippen LogP contribution in [0.5, 0.6) is 5.75 Å². The third-order valence-electron chi connectivity index (χ3n) is 5.44. The fourth-order valence-electron chi connectivity index (χ4n) is 4.35. The van der Waals surface area contributed by atoms with E-state index in [4.69, 9.17) is 4.74 Å². The quantitative estimate of drug-likeness (QED) is 0.618. The molecule has 1 heterocycles. The Morgan fingerprint density at radius 2 is 2.00 bits per heavy atom. The fourth-order valence-corrected chi connectivity index (χ4v) is 4.35. The van der Waals surface area contributed by atoms with E-state index in [-0.39, 0.29) is 29.6 Å². The zero-order valence-corrected chi connectivity index (χ0v) is 12.1. The summed E-state index contributed by atoms with van der Waals surface area (Å²) < 4.78 is 5.32. The van der Waals surface area contributed by atoms with E-state index in [1.807, 2.05) is 19.1 Å². The number of anilines is 1. The number of nitrogens with zero attached hydrogens (tertiary/aromatic N) is 1. The molecule has 4 rings (SSSR count). The number of fused-ring (bicyclic) bond motifs is 5. The van der Waals surface area contributed by atoms with Crippen molar-refractivity contribution in [1.29, 1.82) is 0 Å². The van der Waals surface area contributed by atoms with Crippen molar-refractivity contribution in [2.75, 3.05) is 12.0 Å². The molecule has 1 aliphatic heterocycles. The number of imide groups is 1. The highest BCUT2D eigenvalue weighted by molar-refractivity contribution is 6.25. The van der Waals surface area contributed by atoms with Crippen LogP contribution in [0.15, 0.2) is 36.4 Å². The number of carbonyl (C=O) groups is 2. The molecule has 1 aromatic rings. The molecule has 3 aliphatic rings. The Morgan fingerprint density at radius 3 is 2.71 bits per heavy atom. The molecule has 108 valence electrons. The average molecular weight is 283 g/mol. The van der Waals surface area contributed by atoms with Crippen molar-refractivity contribution in [2.45, 2.75) is 13.3 Å². The van der Waals surface area contributed by atoms with Crippen LogP contribution >= 0.6 is 0 Å². The molecule has 2 bridgehead atoms. The van der Waals surface area contributed by atoms with Crippen LogP contribution in [0.25, 0.3) is 0 Å². The van der Waals surface area contributed by atoms with Gasteiger partial charge in [0.05, 0.1) is 24.1 Å². The van der Waals surface area contributed by atoms with E-state index in [1.54, 1.807) is 19.2 Å². The first-order valence-electron chi connectivity index (χ1n) is 7.28. The Kier molecular flexibility index (Phi) is 2.39. The van der Waals surface area contributed by atoms with E-state index in [0.717, 1.165) is 6.42 Å².